The lowest BCUT2D eigenvalue weighted by molar-refractivity contribution is -0.147. The van der Waals surface area contributed by atoms with E-state index >= 15 is 0 Å². The molecule has 10 heteroatoms. The second kappa shape index (κ2) is 7.12. The van der Waals surface area contributed by atoms with Crippen LogP contribution in [0.5, 0.6) is 0 Å². The highest BCUT2D eigenvalue weighted by Crippen LogP contribution is 2.35. The molecule has 1 aromatic rings. The van der Waals surface area contributed by atoms with Crippen LogP contribution in [-0.4, -0.2) is 32.1 Å². The molecule has 2 amide bonds. The number of alkyl halides is 1. The Kier molecular flexibility index (Phi) is 5.88. The van der Waals surface area contributed by atoms with Crippen LogP contribution in [0.15, 0.2) is 17.2 Å². The highest BCUT2D eigenvalue weighted by molar-refractivity contribution is 7.90. The summed E-state index contributed by atoms with van der Waals surface area (Å²) in [4.78, 5) is 25.8. The van der Waals surface area contributed by atoms with E-state index in [9.17, 15) is 22.4 Å². The van der Waals surface area contributed by atoms with Gasteiger partial charge in [-0.15, -0.1) is 0 Å². The predicted octanol–water partition coefficient (Wildman–Crippen LogP) is 1.31. The van der Waals surface area contributed by atoms with Gasteiger partial charge in [0, 0.05) is 18.7 Å². The van der Waals surface area contributed by atoms with Crippen molar-refractivity contribution in [2.45, 2.75) is 44.1 Å². The van der Waals surface area contributed by atoms with Gasteiger partial charge in [-0.25, -0.2) is 22.3 Å². The number of sulfonamides is 1. The molecule has 1 rings (SSSR count). The average molecular weight is 361 g/mol. The summed E-state index contributed by atoms with van der Waals surface area (Å²) < 4.78 is 44.6. The van der Waals surface area contributed by atoms with E-state index in [1.165, 1.54) is 6.07 Å². The molecule has 0 saturated heterocycles. The largest absolute Gasteiger partial charge is 0.453 e. The van der Waals surface area contributed by atoms with Crippen LogP contribution in [0, 0.1) is 0 Å². The summed E-state index contributed by atoms with van der Waals surface area (Å²) in [6.07, 6.45) is -0.229. The molecule has 1 unspecified atom stereocenters. The minimum Gasteiger partial charge on any atom is -0.453 e. The smallest absolute Gasteiger partial charge is 0.326 e. The average Bonchev–Trinajstić information content (AvgIpc) is 2.41. The second-order valence-corrected chi connectivity index (χ2v) is 7.69. The molecular weight excluding hydrogens is 341 g/mol. The van der Waals surface area contributed by atoms with Gasteiger partial charge in [0.15, 0.2) is 6.10 Å². The maximum absolute atomic E-state index is 13.4. The van der Waals surface area contributed by atoms with Crippen molar-refractivity contribution >= 4 is 22.0 Å². The molecule has 0 spiro atoms. The summed E-state index contributed by atoms with van der Waals surface area (Å²) >= 11 is 0. The Hall–Kier alpha value is -2.23. The molecule has 0 bridgehead atoms. The number of primary amides is 1. The number of aromatic nitrogens is 1. The van der Waals surface area contributed by atoms with E-state index in [4.69, 9.17) is 10.5 Å². The van der Waals surface area contributed by atoms with E-state index in [1.807, 2.05) is 0 Å². The van der Waals surface area contributed by atoms with E-state index in [0.29, 0.717) is 0 Å². The number of nitrogens with zero attached hydrogens (tertiary/aromatic N) is 1. The SMILES string of the molecule is CC(=O)OC(CF)c1nccc(S(=O)(=O)NC(N)=O)c1C(C)(C)C. The molecule has 134 valence electrons. The summed E-state index contributed by atoms with van der Waals surface area (Å²) in [5.41, 5.74) is 4.18. The summed E-state index contributed by atoms with van der Waals surface area (Å²) in [6, 6.07) is -0.0893. The number of amides is 2. The first-order chi connectivity index (χ1) is 10.9. The molecule has 0 fully saturated rings. The zero-order valence-electron chi connectivity index (χ0n) is 13.8. The first kappa shape index (κ1) is 19.8. The predicted molar refractivity (Wildman–Crippen MR) is 83.3 cm³/mol. The first-order valence-electron chi connectivity index (χ1n) is 6.95. The number of hydrogen-bond donors (Lipinski definition) is 2. The number of hydrogen-bond acceptors (Lipinski definition) is 6. The fourth-order valence-electron chi connectivity index (χ4n) is 2.23. The molecule has 0 saturated carbocycles. The van der Waals surface area contributed by atoms with Crippen molar-refractivity contribution < 1.29 is 27.1 Å². The monoisotopic (exact) mass is 361 g/mol. The third-order valence-corrected chi connectivity index (χ3v) is 4.36. The Morgan fingerprint density at radius 3 is 2.42 bits per heavy atom. The van der Waals surface area contributed by atoms with E-state index < -0.39 is 40.2 Å². The molecule has 3 N–H and O–H groups in total. The van der Waals surface area contributed by atoms with Crippen molar-refractivity contribution in [1.29, 1.82) is 0 Å². The minimum absolute atomic E-state index is 0.0347. The fourth-order valence-corrected chi connectivity index (χ4v) is 3.52. The van der Waals surface area contributed by atoms with Crippen LogP contribution in [0.2, 0.25) is 0 Å². The van der Waals surface area contributed by atoms with Crippen molar-refractivity contribution in [2.75, 3.05) is 6.67 Å². The van der Waals surface area contributed by atoms with Gasteiger partial charge in [-0.3, -0.25) is 9.78 Å². The van der Waals surface area contributed by atoms with E-state index in [2.05, 4.69) is 4.98 Å². The van der Waals surface area contributed by atoms with Crippen LogP contribution in [0.25, 0.3) is 0 Å². The van der Waals surface area contributed by atoms with Gasteiger partial charge in [0.1, 0.15) is 6.67 Å². The third kappa shape index (κ3) is 4.63. The normalized spacial score (nSPS) is 13.2. The van der Waals surface area contributed by atoms with Gasteiger partial charge < -0.3 is 10.5 Å². The maximum atomic E-state index is 13.4. The minimum atomic E-state index is -4.29. The lowest BCUT2D eigenvalue weighted by Crippen LogP contribution is -2.37. The summed E-state index contributed by atoms with van der Waals surface area (Å²) in [5, 5.41) is 0. The Morgan fingerprint density at radius 1 is 1.42 bits per heavy atom. The van der Waals surface area contributed by atoms with Gasteiger partial charge in [0.2, 0.25) is 0 Å². The second-order valence-electron chi connectivity index (χ2n) is 6.04. The Bertz CT molecular complexity index is 743. The number of nitrogens with one attached hydrogen (secondary N) is 1. The lowest BCUT2D eigenvalue weighted by Gasteiger charge is -2.27. The molecule has 0 aromatic carbocycles. The van der Waals surface area contributed by atoms with Crippen LogP contribution in [0.1, 0.15) is 45.1 Å². The molecule has 24 heavy (non-hydrogen) atoms. The Balaban J connectivity index is 3.67. The number of nitrogens with two attached hydrogens (primary N) is 1. The molecule has 1 atom stereocenters. The standard InChI is InChI=1S/C14H20FN3O5S/c1-8(19)23-9(7-15)12-11(14(2,3)4)10(5-6-17-12)24(21,22)18-13(16)20/h5-6,9H,7H2,1-4H3,(H3,16,18,20). The zero-order chi connectivity index (χ0) is 18.7. The summed E-state index contributed by atoms with van der Waals surface area (Å²) in [6.45, 7) is 5.07. The van der Waals surface area contributed by atoms with Gasteiger partial charge in [-0.2, -0.15) is 0 Å². The van der Waals surface area contributed by atoms with Gasteiger partial charge in [-0.1, -0.05) is 20.8 Å². The van der Waals surface area contributed by atoms with Crippen LogP contribution >= 0.6 is 0 Å². The first-order valence-corrected chi connectivity index (χ1v) is 8.43. The number of urea groups is 1. The summed E-state index contributed by atoms with van der Waals surface area (Å²) in [7, 11) is -4.29. The number of ether oxygens (including phenoxy) is 1. The topological polar surface area (TPSA) is 128 Å². The molecule has 0 aliphatic heterocycles. The van der Waals surface area contributed by atoms with Gasteiger partial charge in [0.05, 0.1) is 10.6 Å². The number of carbonyl (C=O) groups is 2. The van der Waals surface area contributed by atoms with Gasteiger partial charge in [-0.05, 0) is 11.5 Å². The van der Waals surface area contributed by atoms with Crippen LogP contribution in [-0.2, 0) is 25.0 Å². The highest BCUT2D eigenvalue weighted by Gasteiger charge is 2.33. The zero-order valence-corrected chi connectivity index (χ0v) is 14.6. The van der Waals surface area contributed by atoms with E-state index in [1.54, 1.807) is 25.5 Å². The third-order valence-electron chi connectivity index (χ3n) is 2.97. The number of halogens is 1. The van der Waals surface area contributed by atoms with E-state index in [-0.39, 0.29) is 16.2 Å². The Morgan fingerprint density at radius 2 is 2.00 bits per heavy atom. The van der Waals surface area contributed by atoms with E-state index in [0.717, 1.165) is 13.1 Å². The number of rotatable bonds is 5. The quantitative estimate of drug-likeness (QED) is 0.761. The van der Waals surface area contributed by atoms with Crippen LogP contribution in [0.3, 0.4) is 0 Å². The van der Waals surface area contributed by atoms with Gasteiger partial charge in [0.25, 0.3) is 10.0 Å². The summed E-state index contributed by atoms with van der Waals surface area (Å²) in [5.74, 6) is -0.733. The van der Waals surface area contributed by atoms with Crippen molar-refractivity contribution in [3.63, 3.8) is 0 Å². The van der Waals surface area contributed by atoms with Crippen molar-refractivity contribution in [3.05, 3.63) is 23.5 Å². The van der Waals surface area contributed by atoms with Crippen molar-refractivity contribution in [3.8, 4) is 0 Å². The number of esters is 1. The van der Waals surface area contributed by atoms with Crippen molar-refractivity contribution in [2.24, 2.45) is 5.73 Å². The molecule has 1 heterocycles. The van der Waals surface area contributed by atoms with Gasteiger partial charge >= 0.3 is 12.0 Å². The number of carbonyl (C=O) groups excluding carboxylic acids is 2. The Labute approximate surface area is 139 Å². The molecule has 0 radical (unpaired) electrons. The van der Waals surface area contributed by atoms with Crippen LogP contribution < -0.4 is 10.5 Å². The lowest BCUT2D eigenvalue weighted by atomic mass is 9.84. The fraction of sp³-hybridized carbons (Fsp3) is 0.500. The molecule has 8 nitrogen and oxygen atoms in total. The van der Waals surface area contributed by atoms with Crippen LogP contribution in [0.4, 0.5) is 9.18 Å². The maximum Gasteiger partial charge on any atom is 0.326 e. The number of pyridine rings is 1. The molecule has 0 aliphatic carbocycles. The molecular formula is C14H20FN3O5S. The highest BCUT2D eigenvalue weighted by atomic mass is 32.2. The molecule has 0 aliphatic rings. The molecule has 1 aromatic heterocycles. The van der Waals surface area contributed by atoms with Crippen molar-refractivity contribution in [1.82, 2.24) is 9.71 Å².